The van der Waals surface area contributed by atoms with E-state index in [2.05, 4.69) is 9.97 Å². The maximum absolute atomic E-state index is 12.7. The number of aromatic nitrogens is 2. The fourth-order valence-electron chi connectivity index (χ4n) is 1.97. The van der Waals surface area contributed by atoms with Crippen LogP contribution in [0.2, 0.25) is 5.28 Å². The molecule has 0 aliphatic heterocycles. The highest BCUT2D eigenvalue weighted by Crippen LogP contribution is 2.43. The minimum Gasteiger partial charge on any atom is -0.222 e. The van der Waals surface area contributed by atoms with E-state index in [0.29, 0.717) is 16.6 Å². The highest BCUT2D eigenvalue weighted by atomic mass is 35.5. The average molecular weight is 273 g/mol. The number of halogens is 4. The van der Waals surface area contributed by atoms with Gasteiger partial charge in [0.1, 0.15) is 0 Å². The maximum atomic E-state index is 12.7. The number of nitrogens with zero attached hydrogens (tertiary/aromatic N) is 2. The minimum atomic E-state index is -4.35. The third kappa shape index (κ3) is 2.03. The van der Waals surface area contributed by atoms with Gasteiger partial charge in [-0.15, -0.1) is 0 Å². The Kier molecular flexibility index (Phi) is 2.48. The van der Waals surface area contributed by atoms with Gasteiger partial charge in [-0.3, -0.25) is 0 Å². The van der Waals surface area contributed by atoms with Crippen molar-refractivity contribution >= 4 is 22.5 Å². The Morgan fingerprint density at radius 1 is 1.17 bits per heavy atom. The molecule has 3 rings (SSSR count). The van der Waals surface area contributed by atoms with E-state index in [-0.39, 0.29) is 11.2 Å². The van der Waals surface area contributed by atoms with E-state index in [1.54, 1.807) is 0 Å². The Balaban J connectivity index is 2.25. The van der Waals surface area contributed by atoms with Crippen molar-refractivity contribution in [2.75, 3.05) is 0 Å². The van der Waals surface area contributed by atoms with Crippen LogP contribution in [0.15, 0.2) is 18.2 Å². The SMILES string of the molecule is FC(F)(F)c1ccc2nc(Cl)nc(C3CC3)c2c1. The Hall–Kier alpha value is -1.36. The van der Waals surface area contributed by atoms with Gasteiger partial charge in [0.05, 0.1) is 16.8 Å². The predicted molar refractivity (Wildman–Crippen MR) is 61.5 cm³/mol. The van der Waals surface area contributed by atoms with Gasteiger partial charge in [-0.1, -0.05) is 0 Å². The summed E-state index contributed by atoms with van der Waals surface area (Å²) < 4.78 is 38.0. The van der Waals surface area contributed by atoms with Crippen LogP contribution in [0.1, 0.15) is 30.0 Å². The third-order valence-electron chi connectivity index (χ3n) is 2.99. The summed E-state index contributed by atoms with van der Waals surface area (Å²) in [6, 6.07) is 3.47. The molecule has 0 radical (unpaired) electrons. The van der Waals surface area contributed by atoms with Crippen molar-refractivity contribution < 1.29 is 13.2 Å². The van der Waals surface area contributed by atoms with E-state index in [1.807, 2.05) is 0 Å². The molecule has 1 aliphatic rings. The van der Waals surface area contributed by atoms with Crippen LogP contribution in [-0.4, -0.2) is 9.97 Å². The summed E-state index contributed by atoms with van der Waals surface area (Å²) in [5.41, 5.74) is 0.420. The van der Waals surface area contributed by atoms with Crippen LogP contribution < -0.4 is 0 Å². The van der Waals surface area contributed by atoms with E-state index in [9.17, 15) is 13.2 Å². The third-order valence-corrected chi connectivity index (χ3v) is 3.16. The molecule has 1 saturated carbocycles. The van der Waals surface area contributed by atoms with Crippen molar-refractivity contribution in [1.82, 2.24) is 9.97 Å². The van der Waals surface area contributed by atoms with Crippen LogP contribution in [0.25, 0.3) is 10.9 Å². The zero-order valence-corrected chi connectivity index (χ0v) is 9.89. The van der Waals surface area contributed by atoms with Gasteiger partial charge in [0, 0.05) is 11.3 Å². The Morgan fingerprint density at radius 2 is 1.89 bits per heavy atom. The molecule has 0 spiro atoms. The number of rotatable bonds is 1. The van der Waals surface area contributed by atoms with E-state index >= 15 is 0 Å². The lowest BCUT2D eigenvalue weighted by Gasteiger charge is -2.09. The topological polar surface area (TPSA) is 25.8 Å². The highest BCUT2D eigenvalue weighted by Gasteiger charge is 2.32. The summed E-state index contributed by atoms with van der Waals surface area (Å²) in [4.78, 5) is 8.03. The molecule has 0 bridgehead atoms. The van der Waals surface area contributed by atoms with Crippen LogP contribution in [0.4, 0.5) is 13.2 Å². The van der Waals surface area contributed by atoms with Crippen LogP contribution in [0.5, 0.6) is 0 Å². The number of hydrogen-bond donors (Lipinski definition) is 0. The second kappa shape index (κ2) is 3.82. The normalized spacial score (nSPS) is 16.2. The summed E-state index contributed by atoms with van der Waals surface area (Å²) in [6.07, 6.45) is -2.47. The predicted octanol–water partition coefficient (Wildman–Crippen LogP) is 4.18. The molecular formula is C12H8ClF3N2. The fraction of sp³-hybridized carbons (Fsp3) is 0.333. The van der Waals surface area contributed by atoms with Crippen molar-refractivity contribution in [3.8, 4) is 0 Å². The van der Waals surface area contributed by atoms with Crippen molar-refractivity contribution in [2.45, 2.75) is 24.9 Å². The molecule has 0 saturated heterocycles. The lowest BCUT2D eigenvalue weighted by atomic mass is 10.1. The smallest absolute Gasteiger partial charge is 0.222 e. The van der Waals surface area contributed by atoms with Crippen LogP contribution in [-0.2, 0) is 6.18 Å². The quantitative estimate of drug-likeness (QED) is 0.728. The number of fused-ring (bicyclic) bond motifs is 1. The zero-order valence-electron chi connectivity index (χ0n) is 9.13. The van der Waals surface area contributed by atoms with Gasteiger partial charge >= 0.3 is 6.18 Å². The molecule has 0 N–H and O–H groups in total. The summed E-state index contributed by atoms with van der Waals surface area (Å²) in [5, 5.41) is 0.542. The molecule has 94 valence electrons. The maximum Gasteiger partial charge on any atom is 0.416 e. The molecule has 6 heteroatoms. The Morgan fingerprint density at radius 3 is 2.50 bits per heavy atom. The number of benzene rings is 1. The first-order chi connectivity index (χ1) is 8.45. The first-order valence-corrected chi connectivity index (χ1v) is 5.87. The van der Waals surface area contributed by atoms with E-state index in [1.165, 1.54) is 6.07 Å². The molecule has 1 heterocycles. The molecule has 1 aromatic carbocycles. The molecule has 2 aromatic rings. The molecule has 1 aliphatic carbocycles. The molecule has 0 amide bonds. The van der Waals surface area contributed by atoms with Crippen molar-refractivity contribution in [1.29, 1.82) is 0 Å². The molecule has 0 unspecified atom stereocenters. The number of alkyl halides is 3. The Bertz CT molecular complexity index is 620. The van der Waals surface area contributed by atoms with Crippen LogP contribution in [0, 0.1) is 0 Å². The zero-order chi connectivity index (χ0) is 12.9. The number of hydrogen-bond acceptors (Lipinski definition) is 2. The summed E-state index contributed by atoms with van der Waals surface area (Å²) in [7, 11) is 0. The lowest BCUT2D eigenvalue weighted by Crippen LogP contribution is -2.05. The van der Waals surface area contributed by atoms with Crippen molar-refractivity contribution in [3.63, 3.8) is 0 Å². The van der Waals surface area contributed by atoms with Crippen molar-refractivity contribution in [2.24, 2.45) is 0 Å². The van der Waals surface area contributed by atoms with Crippen LogP contribution >= 0.6 is 11.6 Å². The van der Waals surface area contributed by atoms with Crippen molar-refractivity contribution in [3.05, 3.63) is 34.7 Å². The van der Waals surface area contributed by atoms with E-state index in [4.69, 9.17) is 11.6 Å². The fourth-order valence-corrected chi connectivity index (χ4v) is 2.15. The molecule has 1 aromatic heterocycles. The summed E-state index contributed by atoms with van der Waals surface area (Å²) >= 11 is 5.78. The van der Waals surface area contributed by atoms with Gasteiger partial charge in [-0.2, -0.15) is 13.2 Å². The molecule has 1 fully saturated rings. The van der Waals surface area contributed by atoms with E-state index in [0.717, 1.165) is 25.0 Å². The van der Waals surface area contributed by atoms with Gasteiger partial charge in [0.15, 0.2) is 0 Å². The van der Waals surface area contributed by atoms with Gasteiger partial charge in [0.2, 0.25) is 5.28 Å². The molecule has 2 nitrogen and oxygen atoms in total. The van der Waals surface area contributed by atoms with Gasteiger partial charge < -0.3 is 0 Å². The standard InChI is InChI=1S/C12H8ClF3N2/c13-11-17-9-4-3-7(12(14,15)16)5-8(9)10(18-11)6-1-2-6/h3-6H,1-2H2. The minimum absolute atomic E-state index is 0.0872. The molecule has 18 heavy (non-hydrogen) atoms. The second-order valence-corrected chi connectivity index (χ2v) is 4.72. The summed E-state index contributed by atoms with van der Waals surface area (Å²) in [5.74, 6) is 0.219. The Labute approximate surface area is 106 Å². The molecule has 0 atom stereocenters. The average Bonchev–Trinajstić information content (AvgIpc) is 3.09. The first-order valence-electron chi connectivity index (χ1n) is 5.49. The summed E-state index contributed by atoms with van der Waals surface area (Å²) in [6.45, 7) is 0. The van der Waals surface area contributed by atoms with Gasteiger partial charge in [0.25, 0.3) is 0 Å². The lowest BCUT2D eigenvalue weighted by molar-refractivity contribution is -0.137. The largest absolute Gasteiger partial charge is 0.416 e. The molecular weight excluding hydrogens is 265 g/mol. The second-order valence-electron chi connectivity index (χ2n) is 4.38. The van der Waals surface area contributed by atoms with E-state index < -0.39 is 11.7 Å². The highest BCUT2D eigenvalue weighted by molar-refractivity contribution is 6.28. The van der Waals surface area contributed by atoms with Gasteiger partial charge in [-0.05, 0) is 42.6 Å². The van der Waals surface area contributed by atoms with Crippen LogP contribution in [0.3, 0.4) is 0 Å². The van der Waals surface area contributed by atoms with Gasteiger partial charge in [-0.25, -0.2) is 9.97 Å². The monoisotopic (exact) mass is 272 g/mol. The first kappa shape index (κ1) is 11.7.